The maximum absolute atomic E-state index is 12.8. The van der Waals surface area contributed by atoms with Gasteiger partial charge in [0.25, 0.3) is 0 Å². The molecular formula is C12H16FNO4S2. The van der Waals surface area contributed by atoms with Crippen LogP contribution in [0.15, 0.2) is 34.1 Å². The molecule has 0 bridgehead atoms. The highest BCUT2D eigenvalue weighted by atomic mass is 32.3. The van der Waals surface area contributed by atoms with E-state index in [2.05, 4.69) is 0 Å². The molecule has 0 saturated carbocycles. The Bertz CT molecular complexity index is 660. The van der Waals surface area contributed by atoms with Crippen LogP contribution in [0.3, 0.4) is 0 Å². The van der Waals surface area contributed by atoms with Crippen molar-refractivity contribution < 1.29 is 20.7 Å². The molecule has 20 heavy (non-hydrogen) atoms. The molecule has 1 aromatic rings. The smallest absolute Gasteiger partial charge is 0.207 e. The highest BCUT2D eigenvalue weighted by Gasteiger charge is 2.25. The standard InChI is InChI=1S/C12H16FNO4S2/c13-19(15,16)11-5-7-12(8-6-11)20(17,18)14-9-3-1-2-4-10-14/h5-8H,1-4,9-10H2. The van der Waals surface area contributed by atoms with Gasteiger partial charge in [0, 0.05) is 13.1 Å². The molecule has 1 aromatic carbocycles. The molecule has 1 aliphatic heterocycles. The first-order valence-corrected chi connectivity index (χ1v) is 9.19. The monoisotopic (exact) mass is 321 g/mol. The van der Waals surface area contributed by atoms with Crippen LogP contribution in [-0.4, -0.2) is 34.2 Å². The molecule has 0 N–H and O–H groups in total. The molecular weight excluding hydrogens is 305 g/mol. The number of hydrogen-bond donors (Lipinski definition) is 0. The molecule has 0 spiro atoms. The van der Waals surface area contributed by atoms with Crippen molar-refractivity contribution in [3.8, 4) is 0 Å². The third kappa shape index (κ3) is 3.36. The summed E-state index contributed by atoms with van der Waals surface area (Å²) >= 11 is 0. The van der Waals surface area contributed by atoms with E-state index in [1.165, 1.54) is 4.31 Å². The molecule has 1 heterocycles. The van der Waals surface area contributed by atoms with E-state index in [1.54, 1.807) is 0 Å². The summed E-state index contributed by atoms with van der Waals surface area (Å²) in [5.74, 6) is 0. The second kappa shape index (κ2) is 5.79. The van der Waals surface area contributed by atoms with E-state index in [0.717, 1.165) is 49.9 Å². The number of halogens is 1. The normalized spacial score (nSPS) is 18.6. The van der Waals surface area contributed by atoms with Gasteiger partial charge in [-0.3, -0.25) is 0 Å². The van der Waals surface area contributed by atoms with E-state index in [1.807, 2.05) is 0 Å². The third-order valence-electron chi connectivity index (χ3n) is 3.31. The fraction of sp³-hybridized carbons (Fsp3) is 0.500. The summed E-state index contributed by atoms with van der Waals surface area (Å²) < 4.78 is 60.4. The molecule has 1 fully saturated rings. The minimum atomic E-state index is -4.80. The summed E-state index contributed by atoms with van der Waals surface area (Å²) in [5, 5.41) is 0. The van der Waals surface area contributed by atoms with E-state index in [4.69, 9.17) is 0 Å². The van der Waals surface area contributed by atoms with Gasteiger partial charge in [0.15, 0.2) is 0 Å². The predicted molar refractivity (Wildman–Crippen MR) is 72.0 cm³/mol. The fourth-order valence-corrected chi connectivity index (χ4v) is 4.18. The van der Waals surface area contributed by atoms with E-state index in [0.29, 0.717) is 13.1 Å². The van der Waals surface area contributed by atoms with E-state index in [-0.39, 0.29) is 4.90 Å². The quantitative estimate of drug-likeness (QED) is 0.797. The average Bonchev–Trinajstić information content (AvgIpc) is 2.67. The van der Waals surface area contributed by atoms with Gasteiger partial charge in [0.05, 0.1) is 9.79 Å². The highest BCUT2D eigenvalue weighted by molar-refractivity contribution is 7.89. The van der Waals surface area contributed by atoms with Crippen LogP contribution in [0.1, 0.15) is 25.7 Å². The third-order valence-corrected chi connectivity index (χ3v) is 6.06. The maximum atomic E-state index is 12.8. The summed E-state index contributed by atoms with van der Waals surface area (Å²) in [5.41, 5.74) is 0. The Morgan fingerprint density at radius 2 is 1.25 bits per heavy atom. The van der Waals surface area contributed by atoms with Crippen molar-refractivity contribution >= 4 is 20.2 Å². The second-order valence-corrected chi connectivity index (χ2v) is 8.01. The average molecular weight is 321 g/mol. The molecule has 0 aliphatic carbocycles. The van der Waals surface area contributed by atoms with Crippen molar-refractivity contribution in [3.63, 3.8) is 0 Å². The van der Waals surface area contributed by atoms with Crippen molar-refractivity contribution in [2.24, 2.45) is 0 Å². The summed E-state index contributed by atoms with van der Waals surface area (Å²) in [6.07, 6.45) is 3.64. The van der Waals surface area contributed by atoms with Crippen LogP contribution in [0.4, 0.5) is 3.89 Å². The van der Waals surface area contributed by atoms with E-state index in [9.17, 15) is 20.7 Å². The summed E-state index contributed by atoms with van der Waals surface area (Å²) in [6.45, 7) is 0.928. The van der Waals surface area contributed by atoms with Crippen molar-refractivity contribution in [2.75, 3.05) is 13.1 Å². The van der Waals surface area contributed by atoms with Crippen LogP contribution in [0.2, 0.25) is 0 Å². The number of rotatable bonds is 3. The Labute approximate surface area is 118 Å². The molecule has 2 rings (SSSR count). The first-order valence-electron chi connectivity index (χ1n) is 6.37. The molecule has 1 aliphatic rings. The number of benzene rings is 1. The van der Waals surface area contributed by atoms with Crippen molar-refractivity contribution in [1.82, 2.24) is 4.31 Å². The van der Waals surface area contributed by atoms with Gasteiger partial charge in [0.2, 0.25) is 10.0 Å². The molecule has 5 nitrogen and oxygen atoms in total. The Kier molecular flexibility index (Phi) is 4.46. The van der Waals surface area contributed by atoms with Crippen LogP contribution in [-0.2, 0) is 20.2 Å². The number of sulfonamides is 1. The Hall–Kier alpha value is -0.990. The zero-order chi connectivity index (χ0) is 14.8. The van der Waals surface area contributed by atoms with Crippen LogP contribution in [0.25, 0.3) is 0 Å². The summed E-state index contributed by atoms with van der Waals surface area (Å²) in [7, 11) is -8.44. The SMILES string of the molecule is O=S(=O)(F)c1ccc(S(=O)(=O)N2CCCCCC2)cc1. The first-order chi connectivity index (χ1) is 9.32. The lowest BCUT2D eigenvalue weighted by Crippen LogP contribution is -2.31. The molecule has 0 unspecified atom stereocenters. The van der Waals surface area contributed by atoms with Crippen LogP contribution in [0.5, 0.6) is 0 Å². The highest BCUT2D eigenvalue weighted by Crippen LogP contribution is 2.22. The van der Waals surface area contributed by atoms with Gasteiger partial charge >= 0.3 is 10.2 Å². The number of nitrogens with zero attached hydrogens (tertiary/aromatic N) is 1. The predicted octanol–water partition coefficient (Wildman–Crippen LogP) is 1.91. The minimum absolute atomic E-state index is 0.00759. The lowest BCUT2D eigenvalue weighted by molar-refractivity contribution is 0.423. The topological polar surface area (TPSA) is 71.5 Å². The van der Waals surface area contributed by atoms with Gasteiger partial charge in [-0.15, -0.1) is 3.89 Å². The minimum Gasteiger partial charge on any atom is -0.207 e. The Morgan fingerprint density at radius 1 is 0.800 bits per heavy atom. The van der Waals surface area contributed by atoms with Crippen molar-refractivity contribution in [3.05, 3.63) is 24.3 Å². The van der Waals surface area contributed by atoms with Gasteiger partial charge in [-0.2, -0.15) is 12.7 Å². The molecule has 0 atom stereocenters. The Morgan fingerprint density at radius 3 is 1.70 bits per heavy atom. The van der Waals surface area contributed by atoms with Crippen LogP contribution < -0.4 is 0 Å². The Balaban J connectivity index is 2.29. The summed E-state index contributed by atoms with van der Waals surface area (Å²) in [4.78, 5) is -0.542. The summed E-state index contributed by atoms with van der Waals surface area (Å²) in [6, 6.07) is 4.21. The lowest BCUT2D eigenvalue weighted by atomic mass is 10.2. The fourth-order valence-electron chi connectivity index (χ4n) is 2.21. The molecule has 1 saturated heterocycles. The van der Waals surface area contributed by atoms with Gasteiger partial charge in [-0.25, -0.2) is 8.42 Å². The largest absolute Gasteiger partial charge is 0.332 e. The maximum Gasteiger partial charge on any atom is 0.332 e. The first kappa shape index (κ1) is 15.4. The van der Waals surface area contributed by atoms with Gasteiger partial charge < -0.3 is 0 Å². The van der Waals surface area contributed by atoms with Gasteiger partial charge in [-0.05, 0) is 37.1 Å². The van der Waals surface area contributed by atoms with Gasteiger partial charge in [0.1, 0.15) is 0 Å². The molecule has 112 valence electrons. The second-order valence-electron chi connectivity index (χ2n) is 4.73. The lowest BCUT2D eigenvalue weighted by Gasteiger charge is -2.19. The zero-order valence-corrected chi connectivity index (χ0v) is 12.5. The van der Waals surface area contributed by atoms with E-state index < -0.39 is 25.1 Å². The molecule has 8 heteroatoms. The number of hydrogen-bond acceptors (Lipinski definition) is 4. The molecule has 0 radical (unpaired) electrons. The van der Waals surface area contributed by atoms with E-state index >= 15 is 0 Å². The van der Waals surface area contributed by atoms with Gasteiger partial charge in [-0.1, -0.05) is 12.8 Å². The van der Waals surface area contributed by atoms with Crippen LogP contribution in [0, 0.1) is 0 Å². The van der Waals surface area contributed by atoms with Crippen molar-refractivity contribution in [2.45, 2.75) is 35.5 Å². The van der Waals surface area contributed by atoms with Crippen LogP contribution >= 0.6 is 0 Å². The zero-order valence-electron chi connectivity index (χ0n) is 10.8. The van der Waals surface area contributed by atoms with Crippen molar-refractivity contribution in [1.29, 1.82) is 0 Å². The molecule has 0 amide bonds. The molecule has 0 aromatic heterocycles.